The molecule has 5 nitrogen and oxygen atoms in total. The van der Waals surface area contributed by atoms with Gasteiger partial charge in [0.2, 0.25) is 0 Å². The van der Waals surface area contributed by atoms with Crippen LogP contribution in [0.3, 0.4) is 0 Å². The van der Waals surface area contributed by atoms with E-state index in [-0.39, 0.29) is 5.91 Å². The molecular formula is C28H34N4O. The number of hydrogen-bond donors (Lipinski definition) is 0. The Morgan fingerprint density at radius 3 is 2.45 bits per heavy atom. The van der Waals surface area contributed by atoms with Gasteiger partial charge in [-0.1, -0.05) is 55.8 Å². The van der Waals surface area contributed by atoms with Crippen LogP contribution in [-0.4, -0.2) is 35.7 Å². The summed E-state index contributed by atoms with van der Waals surface area (Å²) in [6, 6.07) is 22.6. The van der Waals surface area contributed by atoms with E-state index >= 15 is 0 Å². The zero-order chi connectivity index (χ0) is 23.0. The van der Waals surface area contributed by atoms with Crippen LogP contribution in [0.15, 0.2) is 66.7 Å². The fourth-order valence-electron chi connectivity index (χ4n) is 4.52. The number of nitrogens with zero attached hydrogens (tertiary/aromatic N) is 4. The van der Waals surface area contributed by atoms with Crippen molar-refractivity contribution in [3.63, 3.8) is 0 Å². The SMILES string of the molecule is CCCCN(C(=O)c1ccc(N2CCC(Cc3ccccc3)CC2)nn1)c1cccc(C)c1. The molecule has 1 aliphatic rings. The fraction of sp³-hybridized carbons (Fsp3) is 0.393. The molecule has 3 aromatic rings. The third-order valence-corrected chi connectivity index (χ3v) is 6.47. The maximum Gasteiger partial charge on any atom is 0.278 e. The highest BCUT2D eigenvalue weighted by atomic mass is 16.2. The predicted octanol–water partition coefficient (Wildman–Crippen LogP) is 5.69. The van der Waals surface area contributed by atoms with E-state index in [1.54, 1.807) is 0 Å². The van der Waals surface area contributed by atoms with Gasteiger partial charge >= 0.3 is 0 Å². The molecule has 172 valence electrons. The van der Waals surface area contributed by atoms with Crippen molar-refractivity contribution in [2.24, 2.45) is 5.92 Å². The van der Waals surface area contributed by atoms with Crippen molar-refractivity contribution < 1.29 is 4.79 Å². The number of anilines is 2. The van der Waals surface area contributed by atoms with Crippen LogP contribution in [0.1, 0.15) is 54.2 Å². The minimum Gasteiger partial charge on any atom is -0.355 e. The molecule has 33 heavy (non-hydrogen) atoms. The molecule has 2 heterocycles. The Morgan fingerprint density at radius 2 is 1.79 bits per heavy atom. The summed E-state index contributed by atoms with van der Waals surface area (Å²) in [6.45, 7) is 6.81. The van der Waals surface area contributed by atoms with Crippen LogP contribution < -0.4 is 9.80 Å². The van der Waals surface area contributed by atoms with Gasteiger partial charge in [-0.15, -0.1) is 10.2 Å². The molecule has 0 bridgehead atoms. The number of aromatic nitrogens is 2. The molecule has 1 saturated heterocycles. The van der Waals surface area contributed by atoms with E-state index in [9.17, 15) is 4.79 Å². The second-order valence-corrected chi connectivity index (χ2v) is 9.05. The molecule has 0 spiro atoms. The van der Waals surface area contributed by atoms with Crippen LogP contribution >= 0.6 is 0 Å². The monoisotopic (exact) mass is 442 g/mol. The maximum atomic E-state index is 13.3. The van der Waals surface area contributed by atoms with E-state index in [0.717, 1.165) is 62.3 Å². The van der Waals surface area contributed by atoms with E-state index in [4.69, 9.17) is 0 Å². The standard InChI is InChI=1S/C28H34N4O/c1-3-4-17-32(25-12-8-9-22(2)20-25)28(33)26-13-14-27(30-29-26)31-18-15-24(16-19-31)21-23-10-6-5-7-11-23/h5-14,20,24H,3-4,15-19,21H2,1-2H3. The summed E-state index contributed by atoms with van der Waals surface area (Å²) in [4.78, 5) is 17.4. The van der Waals surface area contributed by atoms with Crippen molar-refractivity contribution in [1.29, 1.82) is 0 Å². The third kappa shape index (κ3) is 5.98. The van der Waals surface area contributed by atoms with Crippen LogP contribution in [0, 0.1) is 12.8 Å². The van der Waals surface area contributed by atoms with Crippen LogP contribution in [0.5, 0.6) is 0 Å². The Hall–Kier alpha value is -3.21. The van der Waals surface area contributed by atoms with Gasteiger partial charge in [-0.25, -0.2) is 0 Å². The fourth-order valence-corrected chi connectivity index (χ4v) is 4.52. The Bertz CT molecular complexity index is 1030. The molecule has 1 aromatic heterocycles. The van der Waals surface area contributed by atoms with Crippen LogP contribution in [-0.2, 0) is 6.42 Å². The normalized spacial score (nSPS) is 14.3. The lowest BCUT2D eigenvalue weighted by Crippen LogP contribution is -2.35. The molecule has 0 unspecified atom stereocenters. The number of piperidine rings is 1. The summed E-state index contributed by atoms with van der Waals surface area (Å²) in [5.41, 5.74) is 3.87. The van der Waals surface area contributed by atoms with Crippen LogP contribution in [0.25, 0.3) is 0 Å². The Balaban J connectivity index is 1.39. The number of aryl methyl sites for hydroxylation is 1. The third-order valence-electron chi connectivity index (χ3n) is 6.47. The van der Waals surface area contributed by atoms with Crippen molar-refractivity contribution in [3.05, 3.63) is 83.6 Å². The summed E-state index contributed by atoms with van der Waals surface area (Å²) < 4.78 is 0. The Kier molecular flexibility index (Phi) is 7.71. The number of amides is 1. The van der Waals surface area contributed by atoms with Gasteiger partial charge in [0.25, 0.3) is 5.91 Å². The molecule has 0 radical (unpaired) electrons. The van der Waals surface area contributed by atoms with Gasteiger partial charge < -0.3 is 9.80 Å². The largest absolute Gasteiger partial charge is 0.355 e. The second-order valence-electron chi connectivity index (χ2n) is 9.05. The summed E-state index contributed by atoms with van der Waals surface area (Å²) in [7, 11) is 0. The van der Waals surface area contributed by atoms with E-state index in [0.29, 0.717) is 18.2 Å². The minimum atomic E-state index is -0.0883. The molecule has 5 heteroatoms. The van der Waals surface area contributed by atoms with Crippen molar-refractivity contribution >= 4 is 17.4 Å². The van der Waals surface area contributed by atoms with Crippen LogP contribution in [0.4, 0.5) is 11.5 Å². The lowest BCUT2D eigenvalue weighted by atomic mass is 9.90. The van der Waals surface area contributed by atoms with Gasteiger partial charge in [-0.3, -0.25) is 4.79 Å². The van der Waals surface area contributed by atoms with E-state index in [1.165, 1.54) is 5.56 Å². The number of hydrogen-bond acceptors (Lipinski definition) is 4. The topological polar surface area (TPSA) is 49.3 Å². The molecule has 1 amide bonds. The van der Waals surface area contributed by atoms with E-state index in [1.807, 2.05) is 42.2 Å². The number of unbranched alkanes of at least 4 members (excludes halogenated alkanes) is 1. The second kappa shape index (κ2) is 11.1. The zero-order valence-electron chi connectivity index (χ0n) is 19.8. The molecule has 2 aromatic carbocycles. The molecule has 1 aliphatic heterocycles. The average molecular weight is 443 g/mol. The zero-order valence-corrected chi connectivity index (χ0v) is 19.8. The highest BCUT2D eigenvalue weighted by molar-refractivity contribution is 6.04. The number of carbonyl (C=O) groups excluding carboxylic acids is 1. The van der Waals surface area contributed by atoms with Gasteiger partial charge in [0.15, 0.2) is 11.5 Å². The van der Waals surface area contributed by atoms with Crippen molar-refractivity contribution in [2.75, 3.05) is 29.4 Å². The first-order valence-corrected chi connectivity index (χ1v) is 12.1. The van der Waals surface area contributed by atoms with E-state index < -0.39 is 0 Å². The molecule has 1 fully saturated rings. The van der Waals surface area contributed by atoms with Crippen molar-refractivity contribution in [2.45, 2.75) is 46.0 Å². The highest BCUT2D eigenvalue weighted by Gasteiger charge is 2.23. The predicted molar refractivity (Wildman–Crippen MR) is 135 cm³/mol. The highest BCUT2D eigenvalue weighted by Crippen LogP contribution is 2.25. The summed E-state index contributed by atoms with van der Waals surface area (Å²) >= 11 is 0. The first-order chi connectivity index (χ1) is 16.1. The lowest BCUT2D eigenvalue weighted by Gasteiger charge is -2.32. The summed E-state index contributed by atoms with van der Waals surface area (Å²) in [6.07, 6.45) is 5.41. The Labute approximate surface area is 197 Å². The molecule has 0 atom stereocenters. The van der Waals surface area contributed by atoms with Gasteiger partial charge in [0.1, 0.15) is 0 Å². The van der Waals surface area contributed by atoms with Gasteiger partial charge in [-0.05, 0) is 73.9 Å². The Morgan fingerprint density at radius 1 is 1.00 bits per heavy atom. The average Bonchev–Trinajstić information content (AvgIpc) is 2.85. The molecule has 0 N–H and O–H groups in total. The van der Waals surface area contributed by atoms with Gasteiger partial charge in [-0.2, -0.15) is 0 Å². The van der Waals surface area contributed by atoms with Gasteiger partial charge in [0.05, 0.1) is 0 Å². The molecule has 0 saturated carbocycles. The summed E-state index contributed by atoms with van der Waals surface area (Å²) in [5, 5.41) is 8.77. The maximum absolute atomic E-state index is 13.3. The number of benzene rings is 2. The molecule has 4 rings (SSSR count). The van der Waals surface area contributed by atoms with Crippen molar-refractivity contribution in [3.8, 4) is 0 Å². The smallest absolute Gasteiger partial charge is 0.278 e. The van der Waals surface area contributed by atoms with Crippen molar-refractivity contribution in [1.82, 2.24) is 10.2 Å². The summed E-state index contributed by atoms with van der Waals surface area (Å²) in [5.74, 6) is 1.48. The van der Waals surface area contributed by atoms with Crippen LogP contribution in [0.2, 0.25) is 0 Å². The minimum absolute atomic E-state index is 0.0883. The number of carbonyl (C=O) groups is 1. The lowest BCUT2D eigenvalue weighted by molar-refractivity contribution is 0.0981. The first kappa shape index (κ1) is 23.0. The number of rotatable bonds is 8. The van der Waals surface area contributed by atoms with E-state index in [2.05, 4.69) is 58.4 Å². The molecular weight excluding hydrogens is 408 g/mol. The quantitative estimate of drug-likeness (QED) is 0.450. The van der Waals surface area contributed by atoms with Gasteiger partial charge in [0, 0.05) is 25.3 Å². The first-order valence-electron chi connectivity index (χ1n) is 12.1. The molecule has 0 aliphatic carbocycles.